The van der Waals surface area contributed by atoms with Gasteiger partial charge in [0.2, 0.25) is 0 Å². The fourth-order valence-corrected chi connectivity index (χ4v) is 3.57. The van der Waals surface area contributed by atoms with E-state index >= 15 is 0 Å². The number of halogens is 3. The van der Waals surface area contributed by atoms with Crippen molar-refractivity contribution in [2.75, 3.05) is 6.61 Å². The van der Waals surface area contributed by atoms with Crippen molar-refractivity contribution in [2.24, 2.45) is 0 Å². The fraction of sp³-hybridized carbons (Fsp3) is 0.222. The molecule has 1 aromatic heterocycles. The van der Waals surface area contributed by atoms with Crippen LogP contribution in [-0.2, 0) is 22.5 Å². The zero-order chi connectivity index (χ0) is 18.4. The third-order valence-corrected chi connectivity index (χ3v) is 4.97. The molecule has 8 heteroatoms. The van der Waals surface area contributed by atoms with E-state index in [2.05, 4.69) is 10.1 Å². The lowest BCUT2D eigenvalue weighted by molar-refractivity contribution is -0.0658. The van der Waals surface area contributed by atoms with E-state index in [-0.39, 0.29) is 18.7 Å². The summed E-state index contributed by atoms with van der Waals surface area (Å²) in [4.78, 5) is 3.85. The number of nitrogens with zero attached hydrogens (tertiary/aromatic N) is 3. The van der Waals surface area contributed by atoms with Gasteiger partial charge in [-0.3, -0.25) is 0 Å². The van der Waals surface area contributed by atoms with Crippen LogP contribution in [-0.4, -0.2) is 26.5 Å². The van der Waals surface area contributed by atoms with E-state index in [0.717, 1.165) is 12.1 Å². The molecule has 134 valence electrons. The molecule has 1 aliphatic heterocycles. The van der Waals surface area contributed by atoms with Gasteiger partial charge in [0.25, 0.3) is 0 Å². The quantitative estimate of drug-likeness (QED) is 0.694. The van der Waals surface area contributed by atoms with Gasteiger partial charge < -0.3 is 9.84 Å². The van der Waals surface area contributed by atoms with Gasteiger partial charge in [-0.1, -0.05) is 35.9 Å². The first-order chi connectivity index (χ1) is 12.5. The minimum atomic E-state index is -1.89. The largest absolute Gasteiger partial charge is 0.380 e. The molecule has 0 spiro atoms. The van der Waals surface area contributed by atoms with E-state index in [9.17, 15) is 13.9 Å². The fourth-order valence-electron chi connectivity index (χ4n) is 3.28. The summed E-state index contributed by atoms with van der Waals surface area (Å²) in [6.07, 6.45) is 2.70. The Hall–Kier alpha value is -2.35. The second-order valence-electron chi connectivity index (χ2n) is 6.17. The molecule has 2 atom stereocenters. The molecule has 4 rings (SSSR count). The second-order valence-corrected chi connectivity index (χ2v) is 6.58. The molecule has 3 aromatic rings. The average molecular weight is 378 g/mol. The summed E-state index contributed by atoms with van der Waals surface area (Å²) >= 11 is 6.31. The van der Waals surface area contributed by atoms with Crippen LogP contribution in [0.4, 0.5) is 8.78 Å². The Labute approximate surface area is 152 Å². The van der Waals surface area contributed by atoms with Crippen LogP contribution in [0.1, 0.15) is 11.1 Å². The topological polar surface area (TPSA) is 63.5 Å². The van der Waals surface area contributed by atoms with Gasteiger partial charge in [0.15, 0.2) is 5.60 Å². The summed E-state index contributed by atoms with van der Waals surface area (Å²) in [5, 5.41) is 16.0. The van der Waals surface area contributed by atoms with Crippen LogP contribution >= 0.6 is 11.6 Å². The Morgan fingerprint density at radius 1 is 1.27 bits per heavy atom. The highest BCUT2D eigenvalue weighted by atomic mass is 35.5. The first kappa shape index (κ1) is 17.1. The molecule has 0 bridgehead atoms. The Balaban J connectivity index is 1.90. The summed E-state index contributed by atoms with van der Waals surface area (Å²) in [6.45, 7) is -0.0283. The van der Waals surface area contributed by atoms with Crippen LogP contribution in [0.15, 0.2) is 55.1 Å². The summed E-state index contributed by atoms with van der Waals surface area (Å²) in [7, 11) is 0. The van der Waals surface area contributed by atoms with Gasteiger partial charge in [-0.05, 0) is 12.1 Å². The van der Waals surface area contributed by atoms with Crippen LogP contribution in [0.25, 0.3) is 0 Å². The molecule has 1 fully saturated rings. The lowest BCUT2D eigenvalue weighted by atomic mass is 9.76. The van der Waals surface area contributed by atoms with Crippen molar-refractivity contribution in [1.82, 2.24) is 14.8 Å². The van der Waals surface area contributed by atoms with Crippen molar-refractivity contribution in [3.63, 3.8) is 0 Å². The Morgan fingerprint density at radius 2 is 2.04 bits per heavy atom. The number of aliphatic hydroxyl groups is 1. The molecule has 0 aliphatic carbocycles. The highest BCUT2D eigenvalue weighted by Crippen LogP contribution is 2.55. The number of epoxide rings is 1. The maximum atomic E-state index is 14.6. The number of hydrogen-bond donors (Lipinski definition) is 1. The van der Waals surface area contributed by atoms with Gasteiger partial charge in [0, 0.05) is 22.2 Å². The van der Waals surface area contributed by atoms with Crippen LogP contribution < -0.4 is 0 Å². The van der Waals surface area contributed by atoms with Crippen LogP contribution in [0, 0.1) is 11.6 Å². The molecule has 2 aromatic carbocycles. The third kappa shape index (κ3) is 2.59. The Kier molecular flexibility index (Phi) is 4.02. The molecule has 5 nitrogen and oxygen atoms in total. The number of hydrogen-bond acceptors (Lipinski definition) is 4. The van der Waals surface area contributed by atoms with Crippen molar-refractivity contribution in [3.8, 4) is 0 Å². The lowest BCUT2D eigenvalue weighted by Gasteiger charge is -2.35. The molecule has 1 saturated heterocycles. The van der Waals surface area contributed by atoms with Gasteiger partial charge >= 0.3 is 0 Å². The first-order valence-corrected chi connectivity index (χ1v) is 8.23. The number of aromatic nitrogens is 3. The van der Waals surface area contributed by atoms with Gasteiger partial charge in [-0.25, -0.2) is 18.4 Å². The molecule has 26 heavy (non-hydrogen) atoms. The Bertz CT molecular complexity index is 947. The van der Waals surface area contributed by atoms with Gasteiger partial charge in [-0.2, -0.15) is 5.10 Å². The minimum absolute atomic E-state index is 0.105. The summed E-state index contributed by atoms with van der Waals surface area (Å²) in [6, 6.07) is 9.90. The first-order valence-electron chi connectivity index (χ1n) is 7.85. The lowest BCUT2D eigenvalue weighted by Crippen LogP contribution is -2.45. The van der Waals surface area contributed by atoms with Crippen LogP contribution in [0.5, 0.6) is 0 Å². The monoisotopic (exact) mass is 377 g/mol. The van der Waals surface area contributed by atoms with Gasteiger partial charge in [-0.15, -0.1) is 0 Å². The summed E-state index contributed by atoms with van der Waals surface area (Å²) < 4.78 is 35.1. The van der Waals surface area contributed by atoms with Crippen molar-refractivity contribution in [2.45, 2.75) is 17.7 Å². The van der Waals surface area contributed by atoms with Crippen molar-refractivity contribution < 1.29 is 18.6 Å². The molecule has 0 radical (unpaired) electrons. The predicted molar refractivity (Wildman–Crippen MR) is 89.4 cm³/mol. The van der Waals surface area contributed by atoms with E-state index in [1.165, 1.54) is 23.4 Å². The van der Waals surface area contributed by atoms with Crippen LogP contribution in [0.3, 0.4) is 0 Å². The molecular weight excluding hydrogens is 364 g/mol. The average Bonchev–Trinajstić information content (AvgIpc) is 3.27. The molecule has 0 amide bonds. The maximum absolute atomic E-state index is 14.6. The van der Waals surface area contributed by atoms with E-state index < -0.39 is 22.8 Å². The highest BCUT2D eigenvalue weighted by Gasteiger charge is 2.65. The third-order valence-electron chi connectivity index (χ3n) is 4.64. The van der Waals surface area contributed by atoms with Crippen molar-refractivity contribution in [3.05, 3.63) is 82.9 Å². The van der Waals surface area contributed by atoms with Gasteiger partial charge in [0.1, 0.15) is 29.9 Å². The summed E-state index contributed by atoms with van der Waals surface area (Å²) in [5.41, 5.74) is -2.75. The minimum Gasteiger partial charge on any atom is -0.380 e. The molecule has 1 N–H and O–H groups in total. The molecule has 2 heterocycles. The standard InChI is InChI=1S/C18H14ClF2N3O2/c19-15-4-2-1-3-13(15)18(9-26-18)17(25,8-24-11-22-10-23-24)14-6-5-12(20)7-16(14)21/h1-7,10-11,25H,8-9H2. The number of ether oxygens (including phenoxy) is 1. The second kappa shape index (κ2) is 6.12. The molecule has 2 unspecified atom stereocenters. The number of benzene rings is 2. The zero-order valence-corrected chi connectivity index (χ0v) is 14.2. The van der Waals surface area contributed by atoms with E-state index in [1.807, 2.05) is 0 Å². The molecule has 0 saturated carbocycles. The molecule has 1 aliphatic rings. The SMILES string of the molecule is OC(Cn1cncn1)(c1ccc(F)cc1F)C1(c2ccccc2Cl)CO1. The predicted octanol–water partition coefficient (Wildman–Crippen LogP) is 3.02. The maximum Gasteiger partial charge on any atom is 0.153 e. The van der Waals surface area contributed by atoms with Crippen LogP contribution in [0.2, 0.25) is 5.02 Å². The zero-order valence-electron chi connectivity index (χ0n) is 13.4. The highest BCUT2D eigenvalue weighted by molar-refractivity contribution is 6.31. The summed E-state index contributed by atoms with van der Waals surface area (Å²) in [5.74, 6) is -1.62. The van der Waals surface area contributed by atoms with E-state index in [1.54, 1.807) is 24.3 Å². The van der Waals surface area contributed by atoms with Crippen molar-refractivity contribution >= 4 is 11.6 Å². The number of rotatable bonds is 5. The Morgan fingerprint density at radius 3 is 2.65 bits per heavy atom. The van der Waals surface area contributed by atoms with Crippen molar-refractivity contribution in [1.29, 1.82) is 0 Å². The normalized spacial score (nSPS) is 21.4. The molecular formula is C18H14ClF2N3O2. The van der Waals surface area contributed by atoms with E-state index in [4.69, 9.17) is 16.3 Å². The van der Waals surface area contributed by atoms with E-state index in [0.29, 0.717) is 10.6 Å². The van der Waals surface area contributed by atoms with Gasteiger partial charge in [0.05, 0.1) is 13.2 Å². The smallest absolute Gasteiger partial charge is 0.153 e.